The number of pyridine rings is 1. The van der Waals surface area contributed by atoms with E-state index in [0.29, 0.717) is 19.1 Å². The van der Waals surface area contributed by atoms with E-state index < -0.39 is 0 Å². The third-order valence-corrected chi connectivity index (χ3v) is 6.37. The molecule has 0 bridgehead atoms. The second kappa shape index (κ2) is 10.6. The maximum absolute atomic E-state index is 12.5. The Balaban J connectivity index is 1.14. The Hall–Kier alpha value is -2.64. The van der Waals surface area contributed by atoms with Crippen LogP contribution >= 0.6 is 0 Å². The van der Waals surface area contributed by atoms with Gasteiger partial charge >= 0.3 is 0 Å². The number of carbonyl (C=O) groups is 1. The van der Waals surface area contributed by atoms with Crippen molar-refractivity contribution in [2.24, 2.45) is 0 Å². The fourth-order valence-corrected chi connectivity index (χ4v) is 4.39. The van der Waals surface area contributed by atoms with Crippen molar-refractivity contribution in [2.75, 3.05) is 75.2 Å². The number of para-hydroxylation sites is 1. The van der Waals surface area contributed by atoms with E-state index in [9.17, 15) is 4.79 Å². The van der Waals surface area contributed by atoms with Crippen molar-refractivity contribution in [1.82, 2.24) is 20.1 Å². The van der Waals surface area contributed by atoms with Crippen molar-refractivity contribution < 1.29 is 4.79 Å². The minimum Gasteiger partial charge on any atom is -0.369 e. The van der Waals surface area contributed by atoms with Crippen molar-refractivity contribution in [3.8, 4) is 0 Å². The smallest absolute Gasteiger partial charge is 0.234 e. The zero-order valence-corrected chi connectivity index (χ0v) is 18.5. The van der Waals surface area contributed by atoms with Crippen molar-refractivity contribution in [3.05, 3.63) is 54.7 Å². The van der Waals surface area contributed by atoms with Gasteiger partial charge in [-0.2, -0.15) is 0 Å². The Morgan fingerprint density at radius 3 is 2.26 bits per heavy atom. The number of amides is 1. The molecule has 2 aliphatic rings. The lowest BCUT2D eigenvalue weighted by Gasteiger charge is -2.39. The minimum atomic E-state index is 0.126. The predicted molar refractivity (Wildman–Crippen MR) is 126 cm³/mol. The zero-order chi connectivity index (χ0) is 21.5. The number of aromatic nitrogens is 1. The highest BCUT2D eigenvalue weighted by Crippen LogP contribution is 2.16. The standard InChI is InChI=1S/C24H34N6O/c1-21(28-15-17-29(18-16-28)22-7-3-2-4-8-22)19-26-24(31)20-27-11-13-30(14-12-27)23-9-5-6-10-25-23/h2-10,21H,11-20H2,1H3,(H,26,31). The molecule has 1 atom stereocenters. The molecular formula is C24H34N6O. The van der Waals surface area contributed by atoms with Crippen LogP contribution in [0.25, 0.3) is 0 Å². The maximum Gasteiger partial charge on any atom is 0.234 e. The van der Waals surface area contributed by atoms with E-state index in [-0.39, 0.29) is 5.91 Å². The molecule has 2 fully saturated rings. The monoisotopic (exact) mass is 422 g/mol. The van der Waals surface area contributed by atoms with E-state index in [1.807, 2.05) is 24.4 Å². The summed E-state index contributed by atoms with van der Waals surface area (Å²) in [5, 5.41) is 3.15. The van der Waals surface area contributed by atoms with Crippen LogP contribution in [0.1, 0.15) is 6.92 Å². The molecule has 4 rings (SSSR count). The number of benzene rings is 1. The number of hydrogen-bond donors (Lipinski definition) is 1. The molecule has 2 aromatic rings. The van der Waals surface area contributed by atoms with Crippen LogP contribution in [0, 0.1) is 0 Å². The lowest BCUT2D eigenvalue weighted by Crippen LogP contribution is -2.53. The quantitative estimate of drug-likeness (QED) is 0.731. The van der Waals surface area contributed by atoms with E-state index in [2.05, 4.69) is 67.2 Å². The van der Waals surface area contributed by atoms with Crippen LogP contribution in [0.5, 0.6) is 0 Å². The van der Waals surface area contributed by atoms with Crippen molar-refractivity contribution in [1.29, 1.82) is 0 Å². The molecule has 31 heavy (non-hydrogen) atoms. The summed E-state index contributed by atoms with van der Waals surface area (Å²) in [6.45, 7) is 11.1. The number of hydrogen-bond acceptors (Lipinski definition) is 6. The largest absolute Gasteiger partial charge is 0.369 e. The van der Waals surface area contributed by atoms with Gasteiger partial charge in [0, 0.05) is 76.8 Å². The van der Waals surface area contributed by atoms with E-state index in [0.717, 1.165) is 58.2 Å². The number of nitrogens with zero attached hydrogens (tertiary/aromatic N) is 5. The van der Waals surface area contributed by atoms with Crippen molar-refractivity contribution in [2.45, 2.75) is 13.0 Å². The van der Waals surface area contributed by atoms with Gasteiger partial charge in [-0.3, -0.25) is 14.6 Å². The van der Waals surface area contributed by atoms with Crippen LogP contribution in [0.2, 0.25) is 0 Å². The average Bonchev–Trinajstić information content (AvgIpc) is 2.84. The highest BCUT2D eigenvalue weighted by Gasteiger charge is 2.23. The third kappa shape index (κ3) is 5.95. The van der Waals surface area contributed by atoms with E-state index in [1.165, 1.54) is 5.69 Å². The number of nitrogens with one attached hydrogen (secondary N) is 1. The second-order valence-corrected chi connectivity index (χ2v) is 8.46. The van der Waals surface area contributed by atoms with Gasteiger partial charge in [-0.25, -0.2) is 4.98 Å². The molecular weight excluding hydrogens is 388 g/mol. The van der Waals surface area contributed by atoms with Gasteiger partial charge in [0.2, 0.25) is 5.91 Å². The topological polar surface area (TPSA) is 55.0 Å². The molecule has 1 aromatic heterocycles. The summed E-state index contributed by atoms with van der Waals surface area (Å²) in [4.78, 5) is 26.3. The molecule has 1 N–H and O–H groups in total. The van der Waals surface area contributed by atoms with Crippen molar-refractivity contribution >= 4 is 17.4 Å². The number of rotatable bonds is 7. The Labute approximate surface area is 185 Å². The first-order valence-electron chi connectivity index (χ1n) is 11.4. The maximum atomic E-state index is 12.5. The summed E-state index contributed by atoms with van der Waals surface area (Å²) >= 11 is 0. The van der Waals surface area contributed by atoms with E-state index in [4.69, 9.17) is 0 Å². The van der Waals surface area contributed by atoms with E-state index in [1.54, 1.807) is 0 Å². The fourth-order valence-electron chi connectivity index (χ4n) is 4.39. The lowest BCUT2D eigenvalue weighted by atomic mass is 10.2. The van der Waals surface area contributed by atoms with Crippen LogP contribution < -0.4 is 15.1 Å². The van der Waals surface area contributed by atoms with Crippen LogP contribution in [-0.2, 0) is 4.79 Å². The van der Waals surface area contributed by atoms with Gasteiger partial charge in [-0.05, 0) is 31.2 Å². The fraction of sp³-hybridized carbons (Fsp3) is 0.500. The second-order valence-electron chi connectivity index (χ2n) is 8.46. The zero-order valence-electron chi connectivity index (χ0n) is 18.5. The summed E-state index contributed by atoms with van der Waals surface area (Å²) in [7, 11) is 0. The molecule has 1 unspecified atom stereocenters. The Morgan fingerprint density at radius 1 is 0.903 bits per heavy atom. The SMILES string of the molecule is CC(CNC(=O)CN1CCN(c2ccccn2)CC1)N1CCN(c2ccccc2)CC1. The first-order chi connectivity index (χ1) is 15.2. The molecule has 166 valence electrons. The first-order valence-corrected chi connectivity index (χ1v) is 11.4. The van der Waals surface area contributed by atoms with Gasteiger partial charge in [-0.1, -0.05) is 24.3 Å². The molecule has 0 spiro atoms. The predicted octanol–water partition coefficient (Wildman–Crippen LogP) is 1.53. The first kappa shape index (κ1) is 21.6. The molecule has 2 saturated heterocycles. The van der Waals surface area contributed by atoms with Crippen LogP contribution in [0.15, 0.2) is 54.7 Å². The molecule has 7 heteroatoms. The number of piperazine rings is 2. The van der Waals surface area contributed by atoms with Crippen LogP contribution in [0.4, 0.5) is 11.5 Å². The molecule has 0 radical (unpaired) electrons. The molecule has 1 aromatic carbocycles. The average molecular weight is 423 g/mol. The normalized spacial score (nSPS) is 19.3. The van der Waals surface area contributed by atoms with Gasteiger partial charge in [0.25, 0.3) is 0 Å². The molecule has 0 aliphatic carbocycles. The Kier molecular flexibility index (Phi) is 7.38. The molecule has 1 amide bonds. The Bertz CT molecular complexity index is 801. The summed E-state index contributed by atoms with van der Waals surface area (Å²) in [5.41, 5.74) is 1.30. The molecule has 3 heterocycles. The minimum absolute atomic E-state index is 0.126. The third-order valence-electron chi connectivity index (χ3n) is 6.37. The van der Waals surface area contributed by atoms with Crippen LogP contribution in [-0.4, -0.2) is 92.2 Å². The highest BCUT2D eigenvalue weighted by atomic mass is 16.2. The summed E-state index contributed by atoms with van der Waals surface area (Å²) in [5.74, 6) is 1.15. The summed E-state index contributed by atoms with van der Waals surface area (Å²) < 4.78 is 0. The van der Waals surface area contributed by atoms with Gasteiger partial charge in [0.15, 0.2) is 0 Å². The summed E-state index contributed by atoms with van der Waals surface area (Å²) in [6.07, 6.45) is 1.83. The van der Waals surface area contributed by atoms with Gasteiger partial charge in [0.05, 0.1) is 6.54 Å². The molecule has 0 saturated carbocycles. The highest BCUT2D eigenvalue weighted by molar-refractivity contribution is 5.78. The van der Waals surface area contributed by atoms with Gasteiger partial charge in [-0.15, -0.1) is 0 Å². The molecule has 2 aliphatic heterocycles. The van der Waals surface area contributed by atoms with Crippen LogP contribution in [0.3, 0.4) is 0 Å². The van der Waals surface area contributed by atoms with Gasteiger partial charge in [0.1, 0.15) is 5.82 Å². The number of carbonyl (C=O) groups excluding carboxylic acids is 1. The molecule has 7 nitrogen and oxygen atoms in total. The van der Waals surface area contributed by atoms with E-state index >= 15 is 0 Å². The van der Waals surface area contributed by atoms with Gasteiger partial charge < -0.3 is 15.1 Å². The number of anilines is 2. The van der Waals surface area contributed by atoms with Crippen molar-refractivity contribution in [3.63, 3.8) is 0 Å². The summed E-state index contributed by atoms with van der Waals surface area (Å²) in [6, 6.07) is 17.0. The Morgan fingerprint density at radius 2 is 1.58 bits per heavy atom. The lowest BCUT2D eigenvalue weighted by molar-refractivity contribution is -0.122.